The van der Waals surface area contributed by atoms with Crippen LogP contribution in [0.2, 0.25) is 0 Å². The van der Waals surface area contributed by atoms with Crippen molar-refractivity contribution in [1.82, 2.24) is 14.9 Å². The van der Waals surface area contributed by atoms with Gasteiger partial charge in [0.1, 0.15) is 5.82 Å². The number of benzene rings is 1. The number of hydrogen-bond donors (Lipinski definition) is 2. The minimum atomic E-state index is -0.151. The van der Waals surface area contributed by atoms with Crippen LogP contribution < -0.4 is 15.5 Å². The predicted octanol–water partition coefficient (Wildman–Crippen LogP) is 6.20. The highest BCUT2D eigenvalue weighted by Crippen LogP contribution is 2.31. The quantitative estimate of drug-likeness (QED) is 0.325. The number of amides is 1. The second-order valence-corrected chi connectivity index (χ2v) is 10.5. The first-order valence-corrected chi connectivity index (χ1v) is 14.4. The zero-order valence-corrected chi connectivity index (χ0v) is 23.2. The van der Waals surface area contributed by atoms with Gasteiger partial charge in [-0.05, 0) is 94.1 Å². The van der Waals surface area contributed by atoms with Gasteiger partial charge >= 0.3 is 0 Å². The van der Waals surface area contributed by atoms with Crippen LogP contribution in [0.5, 0.6) is 0 Å². The minimum absolute atomic E-state index is 0.151. The van der Waals surface area contributed by atoms with Gasteiger partial charge in [-0.1, -0.05) is 18.6 Å². The van der Waals surface area contributed by atoms with Gasteiger partial charge in [0.25, 0.3) is 5.91 Å². The van der Waals surface area contributed by atoms with Gasteiger partial charge in [-0.3, -0.25) is 14.7 Å². The molecular formula is C32H40N6O. The number of rotatable bonds is 9. The number of nitrogens with zero attached hydrogens (tertiary/aromatic N) is 4. The summed E-state index contributed by atoms with van der Waals surface area (Å²) in [5.74, 6) is 0.816. The Balaban J connectivity index is 1.36. The summed E-state index contributed by atoms with van der Waals surface area (Å²) in [5.41, 5.74) is 6.45. The fraction of sp³-hybridized carbons (Fsp3) is 0.406. The van der Waals surface area contributed by atoms with Crippen LogP contribution in [0.25, 0.3) is 16.7 Å². The summed E-state index contributed by atoms with van der Waals surface area (Å²) in [7, 11) is 0. The van der Waals surface area contributed by atoms with Crippen LogP contribution in [0.15, 0.2) is 61.1 Å². The molecular weight excluding hydrogens is 484 g/mol. The highest BCUT2D eigenvalue weighted by atomic mass is 16.1. The predicted molar refractivity (Wildman–Crippen MR) is 161 cm³/mol. The maximum atomic E-state index is 13.5. The highest BCUT2D eigenvalue weighted by Gasteiger charge is 2.18. The zero-order valence-electron chi connectivity index (χ0n) is 23.2. The molecule has 3 aromatic rings. The van der Waals surface area contributed by atoms with Crippen LogP contribution in [0.3, 0.4) is 0 Å². The van der Waals surface area contributed by atoms with E-state index in [-0.39, 0.29) is 5.91 Å². The van der Waals surface area contributed by atoms with Crippen molar-refractivity contribution in [2.24, 2.45) is 0 Å². The van der Waals surface area contributed by atoms with Crippen LogP contribution in [-0.2, 0) is 11.3 Å². The lowest BCUT2D eigenvalue weighted by molar-refractivity contribution is -0.111. The van der Waals surface area contributed by atoms with Crippen LogP contribution >= 0.6 is 0 Å². The van der Waals surface area contributed by atoms with E-state index in [2.05, 4.69) is 61.6 Å². The van der Waals surface area contributed by atoms with Crippen molar-refractivity contribution in [3.8, 4) is 11.1 Å². The zero-order chi connectivity index (χ0) is 27.0. The highest BCUT2D eigenvalue weighted by molar-refractivity contribution is 6.26. The van der Waals surface area contributed by atoms with Gasteiger partial charge < -0.3 is 15.5 Å². The van der Waals surface area contributed by atoms with E-state index in [1.165, 1.54) is 37.7 Å². The number of likely N-dealkylation sites (tertiary alicyclic amines) is 1. The van der Waals surface area contributed by atoms with Crippen molar-refractivity contribution >= 4 is 28.7 Å². The second kappa shape index (κ2) is 12.9. The number of anilines is 3. The maximum absolute atomic E-state index is 13.5. The molecule has 0 spiro atoms. The van der Waals surface area contributed by atoms with E-state index in [0.29, 0.717) is 11.3 Å². The molecule has 5 rings (SSSR count). The minimum Gasteiger partial charge on any atom is -0.385 e. The van der Waals surface area contributed by atoms with Crippen LogP contribution in [0.4, 0.5) is 17.2 Å². The fourth-order valence-corrected chi connectivity index (χ4v) is 5.60. The van der Waals surface area contributed by atoms with Crippen molar-refractivity contribution in [3.05, 3.63) is 72.2 Å². The van der Waals surface area contributed by atoms with Crippen molar-refractivity contribution in [1.29, 1.82) is 0 Å². The van der Waals surface area contributed by atoms with Gasteiger partial charge in [0.05, 0.1) is 11.9 Å². The number of carbonyl (C=O) groups excluding carboxylic acids is 1. The van der Waals surface area contributed by atoms with E-state index in [1.54, 1.807) is 6.20 Å². The summed E-state index contributed by atoms with van der Waals surface area (Å²) in [6, 6.07) is 12.4. The van der Waals surface area contributed by atoms with Crippen LogP contribution in [-0.4, -0.2) is 53.5 Å². The first-order valence-electron chi connectivity index (χ1n) is 14.4. The normalized spacial score (nSPS) is 16.4. The molecule has 1 amide bonds. The largest absolute Gasteiger partial charge is 0.385 e. The third kappa shape index (κ3) is 6.66. The number of aromatic nitrogens is 2. The van der Waals surface area contributed by atoms with E-state index >= 15 is 0 Å². The molecule has 2 aliphatic rings. The second-order valence-electron chi connectivity index (χ2n) is 10.5. The molecule has 0 saturated carbocycles. The summed E-state index contributed by atoms with van der Waals surface area (Å²) in [6.45, 7) is 10.1. The first kappa shape index (κ1) is 26.9. The summed E-state index contributed by atoms with van der Waals surface area (Å²) >= 11 is 0. The Morgan fingerprint density at radius 3 is 2.44 bits per heavy atom. The molecule has 2 saturated heterocycles. The van der Waals surface area contributed by atoms with Gasteiger partial charge in [0.2, 0.25) is 0 Å². The van der Waals surface area contributed by atoms with Crippen molar-refractivity contribution in [2.75, 3.05) is 48.3 Å². The number of hydrogen-bond acceptors (Lipinski definition) is 6. The molecule has 0 aliphatic carbocycles. The number of nitrogens with one attached hydrogen (secondary N) is 2. The van der Waals surface area contributed by atoms with Gasteiger partial charge in [-0.15, -0.1) is 0 Å². The van der Waals surface area contributed by atoms with E-state index in [0.717, 1.165) is 67.5 Å². The molecule has 7 heteroatoms. The number of pyridine rings is 2. The molecule has 0 radical (unpaired) electrons. The van der Waals surface area contributed by atoms with E-state index in [4.69, 9.17) is 0 Å². The lowest BCUT2D eigenvalue weighted by Crippen LogP contribution is -2.29. The van der Waals surface area contributed by atoms with E-state index in [1.807, 2.05) is 37.5 Å². The summed E-state index contributed by atoms with van der Waals surface area (Å²) in [4.78, 5) is 27.5. The van der Waals surface area contributed by atoms with Crippen molar-refractivity contribution < 1.29 is 4.79 Å². The molecule has 0 unspecified atom stereocenters. The number of piperidine rings is 1. The smallest absolute Gasteiger partial charge is 0.256 e. The molecule has 1 aromatic carbocycles. The summed E-state index contributed by atoms with van der Waals surface area (Å²) in [5, 5.41) is 6.49. The average molecular weight is 525 g/mol. The molecule has 0 atom stereocenters. The summed E-state index contributed by atoms with van der Waals surface area (Å²) < 4.78 is 0. The Morgan fingerprint density at radius 1 is 0.923 bits per heavy atom. The lowest BCUT2D eigenvalue weighted by atomic mass is 9.96. The Hall–Kier alpha value is -3.71. The SMILES string of the molecule is CC=C(C(=O)Nc1ccc(N2CCCC2)nc1)c1cc(-c2cncc(CN3CCCCC3)c2)ccc1NCC. The lowest BCUT2D eigenvalue weighted by Gasteiger charge is -2.26. The molecule has 4 heterocycles. The van der Waals surface area contributed by atoms with E-state index < -0.39 is 0 Å². The Kier molecular flexibility index (Phi) is 8.89. The van der Waals surface area contributed by atoms with Gasteiger partial charge in [-0.2, -0.15) is 0 Å². The van der Waals surface area contributed by atoms with Crippen LogP contribution in [0.1, 0.15) is 57.1 Å². The van der Waals surface area contributed by atoms with Crippen molar-refractivity contribution in [2.45, 2.75) is 52.5 Å². The standard InChI is InChI=1S/C32H40N6O/c1-3-28(32(39)36-27-11-13-31(35-22-27)38-16-8-9-17-38)29-19-25(10-12-30(29)34-4-2)26-18-24(20-33-21-26)23-37-14-6-5-7-15-37/h3,10-13,18-22,34H,4-9,14-17,23H2,1-2H3,(H,36,39). The molecule has 2 fully saturated rings. The third-order valence-electron chi connectivity index (χ3n) is 7.63. The summed E-state index contributed by atoms with van der Waals surface area (Å²) in [6.07, 6.45) is 13.8. The van der Waals surface area contributed by atoms with Gasteiger partial charge in [-0.25, -0.2) is 4.98 Å². The number of carbonyl (C=O) groups is 1. The Labute approximate surface area is 232 Å². The Bertz CT molecular complexity index is 1290. The molecule has 204 valence electrons. The molecule has 7 nitrogen and oxygen atoms in total. The fourth-order valence-electron chi connectivity index (χ4n) is 5.60. The first-order chi connectivity index (χ1) is 19.1. The topological polar surface area (TPSA) is 73.4 Å². The molecule has 2 aliphatic heterocycles. The Morgan fingerprint density at radius 2 is 1.72 bits per heavy atom. The monoisotopic (exact) mass is 524 g/mol. The van der Waals surface area contributed by atoms with E-state index in [9.17, 15) is 4.79 Å². The third-order valence-corrected chi connectivity index (χ3v) is 7.63. The van der Waals surface area contributed by atoms with Gasteiger partial charge in [0.15, 0.2) is 0 Å². The van der Waals surface area contributed by atoms with Gasteiger partial charge in [0, 0.05) is 61.0 Å². The van der Waals surface area contributed by atoms with Crippen LogP contribution in [0, 0.1) is 0 Å². The molecule has 2 N–H and O–H groups in total. The average Bonchev–Trinajstić information content (AvgIpc) is 3.51. The molecule has 39 heavy (non-hydrogen) atoms. The maximum Gasteiger partial charge on any atom is 0.256 e. The molecule has 0 bridgehead atoms. The number of allylic oxidation sites excluding steroid dienone is 1. The van der Waals surface area contributed by atoms with Crippen molar-refractivity contribution in [3.63, 3.8) is 0 Å². The molecule has 2 aromatic heterocycles.